The van der Waals surface area contributed by atoms with E-state index in [0.717, 1.165) is 5.56 Å². The molecule has 7 heteroatoms. The van der Waals surface area contributed by atoms with Crippen molar-refractivity contribution in [3.8, 4) is 11.5 Å². The van der Waals surface area contributed by atoms with Gasteiger partial charge in [0.1, 0.15) is 0 Å². The topological polar surface area (TPSA) is 85.6 Å². The Morgan fingerprint density at radius 2 is 2.26 bits per heavy atom. The maximum atomic E-state index is 12.2. The Labute approximate surface area is 132 Å². The minimum Gasteiger partial charge on any atom is -0.454 e. The van der Waals surface area contributed by atoms with Gasteiger partial charge in [-0.1, -0.05) is 6.07 Å². The molecule has 1 fully saturated rings. The van der Waals surface area contributed by atoms with Crippen molar-refractivity contribution in [2.24, 2.45) is 0 Å². The molecule has 2 N–H and O–H groups in total. The Balaban J connectivity index is 1.39. The first-order valence-electron chi connectivity index (χ1n) is 7.56. The molecule has 120 valence electrons. The van der Waals surface area contributed by atoms with E-state index in [9.17, 15) is 9.90 Å². The second-order valence-corrected chi connectivity index (χ2v) is 5.82. The summed E-state index contributed by atoms with van der Waals surface area (Å²) >= 11 is 0. The van der Waals surface area contributed by atoms with Crippen LogP contribution in [0.4, 0.5) is 0 Å². The number of fused-ring (bicyclic) bond motifs is 1. The number of hydrogen-bond donors (Lipinski definition) is 2. The molecule has 1 aliphatic heterocycles. The van der Waals surface area contributed by atoms with Gasteiger partial charge in [0.25, 0.3) is 0 Å². The van der Waals surface area contributed by atoms with Crippen molar-refractivity contribution in [2.45, 2.75) is 31.0 Å². The molecule has 4 rings (SSSR count). The summed E-state index contributed by atoms with van der Waals surface area (Å²) in [5, 5.41) is 17.0. The molecular weight excluding hydrogens is 298 g/mol. The van der Waals surface area contributed by atoms with Gasteiger partial charge in [0.05, 0.1) is 24.6 Å². The van der Waals surface area contributed by atoms with E-state index in [1.54, 1.807) is 23.1 Å². The molecule has 2 heterocycles. The predicted molar refractivity (Wildman–Crippen MR) is 80.1 cm³/mol. The third-order valence-electron chi connectivity index (χ3n) is 4.28. The average Bonchev–Trinajstić information content (AvgIpc) is 3.17. The number of carbonyl (C=O) groups excluding carboxylic acids is 1. The fourth-order valence-corrected chi connectivity index (χ4v) is 3.07. The Morgan fingerprint density at radius 1 is 1.39 bits per heavy atom. The van der Waals surface area contributed by atoms with Crippen molar-refractivity contribution in [1.82, 2.24) is 15.1 Å². The molecule has 1 aliphatic carbocycles. The summed E-state index contributed by atoms with van der Waals surface area (Å²) < 4.78 is 12.3. The number of nitrogens with zero attached hydrogens (tertiary/aromatic N) is 2. The number of amides is 1. The maximum Gasteiger partial charge on any atom is 0.231 e. The summed E-state index contributed by atoms with van der Waals surface area (Å²) in [6.45, 7) is 0.219. The second kappa shape index (κ2) is 5.58. The van der Waals surface area contributed by atoms with Crippen LogP contribution in [0.1, 0.15) is 18.0 Å². The first-order chi connectivity index (χ1) is 11.2. The second-order valence-electron chi connectivity index (χ2n) is 5.82. The Hall–Kier alpha value is -2.54. The molecular formula is C16H17N3O4. The fraction of sp³-hybridized carbons (Fsp3) is 0.375. The number of rotatable bonds is 4. The van der Waals surface area contributed by atoms with Gasteiger partial charge in [-0.2, -0.15) is 5.10 Å². The third-order valence-corrected chi connectivity index (χ3v) is 4.28. The van der Waals surface area contributed by atoms with Gasteiger partial charge in [0.15, 0.2) is 11.5 Å². The molecule has 3 atom stereocenters. The number of ether oxygens (including phenoxy) is 2. The normalized spacial score (nSPS) is 25.0. The lowest BCUT2D eigenvalue weighted by Gasteiger charge is -2.41. The molecule has 0 spiro atoms. The highest BCUT2D eigenvalue weighted by molar-refractivity contribution is 5.79. The number of benzene rings is 1. The molecule has 0 unspecified atom stereocenters. The van der Waals surface area contributed by atoms with Crippen LogP contribution in [0.5, 0.6) is 11.5 Å². The number of aromatic nitrogens is 2. The summed E-state index contributed by atoms with van der Waals surface area (Å²) in [7, 11) is 0. The summed E-state index contributed by atoms with van der Waals surface area (Å²) in [6, 6.07) is 6.98. The summed E-state index contributed by atoms with van der Waals surface area (Å²) in [6.07, 6.45) is 3.78. The molecule has 0 radical (unpaired) electrons. The first-order valence-corrected chi connectivity index (χ1v) is 7.56. The zero-order chi connectivity index (χ0) is 15.8. The lowest BCUT2D eigenvalue weighted by atomic mass is 9.83. The number of nitrogens with one attached hydrogen (secondary N) is 1. The van der Waals surface area contributed by atoms with Crippen LogP contribution >= 0.6 is 0 Å². The number of hydrogen-bond acceptors (Lipinski definition) is 5. The van der Waals surface area contributed by atoms with Crippen LogP contribution in [0.25, 0.3) is 0 Å². The van der Waals surface area contributed by atoms with E-state index in [4.69, 9.17) is 9.47 Å². The SMILES string of the molecule is O=C(Cc1ccc2c(c1)OCO2)N[C@H]1C[C@@H](O)[C@@H]1n1cccn1. The van der Waals surface area contributed by atoms with E-state index < -0.39 is 6.10 Å². The molecule has 7 nitrogen and oxygen atoms in total. The van der Waals surface area contributed by atoms with Gasteiger partial charge < -0.3 is 19.9 Å². The fourth-order valence-electron chi connectivity index (χ4n) is 3.07. The molecule has 1 aromatic heterocycles. The quantitative estimate of drug-likeness (QED) is 0.865. The van der Waals surface area contributed by atoms with Crippen LogP contribution < -0.4 is 14.8 Å². The highest BCUT2D eigenvalue weighted by atomic mass is 16.7. The lowest BCUT2D eigenvalue weighted by Crippen LogP contribution is -2.56. The van der Waals surface area contributed by atoms with E-state index in [0.29, 0.717) is 17.9 Å². The maximum absolute atomic E-state index is 12.2. The molecule has 23 heavy (non-hydrogen) atoms. The van der Waals surface area contributed by atoms with Gasteiger partial charge in [-0.25, -0.2) is 0 Å². The van der Waals surface area contributed by atoms with Crippen molar-refractivity contribution in [3.05, 3.63) is 42.2 Å². The van der Waals surface area contributed by atoms with Gasteiger partial charge in [-0.15, -0.1) is 0 Å². The van der Waals surface area contributed by atoms with Crippen LogP contribution in [-0.2, 0) is 11.2 Å². The lowest BCUT2D eigenvalue weighted by molar-refractivity contribution is -0.124. The van der Waals surface area contributed by atoms with Gasteiger partial charge in [0.2, 0.25) is 12.7 Å². The number of aliphatic hydroxyl groups is 1. The first kappa shape index (κ1) is 14.1. The summed E-state index contributed by atoms with van der Waals surface area (Å²) in [4.78, 5) is 12.2. The van der Waals surface area contributed by atoms with Gasteiger partial charge >= 0.3 is 0 Å². The van der Waals surface area contributed by atoms with Gasteiger partial charge in [-0.3, -0.25) is 9.48 Å². The molecule has 0 bridgehead atoms. The van der Waals surface area contributed by atoms with Crippen LogP contribution in [0.15, 0.2) is 36.7 Å². The smallest absolute Gasteiger partial charge is 0.231 e. The Kier molecular flexibility index (Phi) is 3.42. The standard InChI is InChI=1S/C16H17N3O4/c20-12-8-11(16(12)19-5-1-4-17-19)18-15(21)7-10-2-3-13-14(6-10)23-9-22-13/h1-6,11-12,16,20H,7-9H2,(H,18,21)/t11-,12+,16+/m0/s1. The zero-order valence-corrected chi connectivity index (χ0v) is 12.4. The van der Waals surface area contributed by atoms with Gasteiger partial charge in [0, 0.05) is 12.4 Å². The molecule has 1 aromatic carbocycles. The average molecular weight is 315 g/mol. The van der Waals surface area contributed by atoms with E-state index in [1.165, 1.54) is 0 Å². The minimum absolute atomic E-state index is 0.0853. The Bertz CT molecular complexity index is 716. The third kappa shape index (κ3) is 2.63. The highest BCUT2D eigenvalue weighted by Crippen LogP contribution is 2.34. The van der Waals surface area contributed by atoms with Gasteiger partial charge in [-0.05, 0) is 30.2 Å². The van der Waals surface area contributed by atoms with Crippen molar-refractivity contribution in [2.75, 3.05) is 6.79 Å². The van der Waals surface area contributed by atoms with E-state index in [2.05, 4.69) is 10.4 Å². The van der Waals surface area contributed by atoms with E-state index in [1.807, 2.05) is 18.2 Å². The largest absolute Gasteiger partial charge is 0.454 e. The van der Waals surface area contributed by atoms with Crippen LogP contribution in [0.3, 0.4) is 0 Å². The molecule has 2 aliphatic rings. The molecule has 0 saturated heterocycles. The van der Waals surface area contributed by atoms with Crippen LogP contribution in [-0.4, -0.2) is 39.7 Å². The van der Waals surface area contributed by atoms with Crippen molar-refractivity contribution in [3.63, 3.8) is 0 Å². The summed E-state index contributed by atoms with van der Waals surface area (Å²) in [5.41, 5.74) is 0.863. The Morgan fingerprint density at radius 3 is 3.04 bits per heavy atom. The zero-order valence-electron chi connectivity index (χ0n) is 12.4. The summed E-state index contributed by atoms with van der Waals surface area (Å²) in [5.74, 6) is 1.29. The van der Waals surface area contributed by atoms with Crippen LogP contribution in [0.2, 0.25) is 0 Å². The predicted octanol–water partition coefficient (Wildman–Crippen LogP) is 0.645. The van der Waals surface area contributed by atoms with E-state index in [-0.39, 0.29) is 31.2 Å². The molecule has 1 amide bonds. The number of carbonyl (C=O) groups is 1. The van der Waals surface area contributed by atoms with E-state index >= 15 is 0 Å². The molecule has 2 aromatic rings. The minimum atomic E-state index is -0.481. The number of aliphatic hydroxyl groups excluding tert-OH is 1. The van der Waals surface area contributed by atoms with Crippen LogP contribution in [0, 0.1) is 0 Å². The monoisotopic (exact) mass is 315 g/mol. The molecule has 1 saturated carbocycles. The highest BCUT2D eigenvalue weighted by Gasteiger charge is 2.42. The van der Waals surface area contributed by atoms with Crippen molar-refractivity contribution < 1.29 is 19.4 Å². The van der Waals surface area contributed by atoms with Crippen molar-refractivity contribution in [1.29, 1.82) is 0 Å². The van der Waals surface area contributed by atoms with Crippen molar-refractivity contribution >= 4 is 5.91 Å².